The van der Waals surface area contributed by atoms with Crippen molar-refractivity contribution >= 4 is 21.7 Å². The van der Waals surface area contributed by atoms with Crippen LogP contribution in [0.4, 0.5) is 0 Å². The van der Waals surface area contributed by atoms with E-state index in [4.69, 9.17) is 0 Å². The van der Waals surface area contributed by atoms with Crippen LogP contribution in [-0.2, 0) is 0 Å². The summed E-state index contributed by atoms with van der Waals surface area (Å²) in [5.41, 5.74) is 1.40. The van der Waals surface area contributed by atoms with Gasteiger partial charge in [-0.2, -0.15) is 0 Å². The molecule has 0 spiro atoms. The summed E-state index contributed by atoms with van der Waals surface area (Å²) < 4.78 is 0. The Morgan fingerprint density at radius 3 is 2.32 bits per heavy atom. The fourth-order valence-corrected chi connectivity index (χ4v) is 2.92. The second-order valence-corrected chi connectivity index (χ2v) is 5.25. The van der Waals surface area contributed by atoms with Gasteiger partial charge in [-0.3, -0.25) is 4.79 Å². The number of nitrogens with one attached hydrogen (secondary N) is 1. The van der Waals surface area contributed by atoms with Crippen molar-refractivity contribution < 1.29 is 5.11 Å². The lowest BCUT2D eigenvalue weighted by atomic mass is 9.97. The molecule has 1 aromatic heterocycles. The van der Waals surface area contributed by atoms with Crippen LogP contribution in [0.3, 0.4) is 0 Å². The van der Waals surface area contributed by atoms with Crippen molar-refractivity contribution in [3.05, 3.63) is 77.1 Å². The number of rotatable bonds is 1. The smallest absolute Gasteiger partial charge is 0.260 e. The molecule has 106 valence electrons. The molecule has 0 saturated carbocycles. The first kappa shape index (κ1) is 12.7. The molecule has 3 aromatic carbocycles. The number of hydrogen-bond acceptors (Lipinski definition) is 2. The minimum Gasteiger partial charge on any atom is -0.506 e. The summed E-state index contributed by atoms with van der Waals surface area (Å²) in [4.78, 5) is 15.3. The standard InChI is InChI=1S/C19H13NO2/c21-18-15-9-3-4-11-16(15)20-19(22)17(18)14-10-5-7-12-6-1-2-8-13(12)14/h1-11H,(H2,20,21,22). The van der Waals surface area contributed by atoms with Gasteiger partial charge < -0.3 is 10.1 Å². The zero-order chi connectivity index (χ0) is 15.1. The third kappa shape index (κ3) is 1.79. The Balaban J connectivity index is 2.15. The fraction of sp³-hybridized carbons (Fsp3) is 0. The van der Waals surface area contributed by atoms with Crippen LogP contribution in [0.2, 0.25) is 0 Å². The highest BCUT2D eigenvalue weighted by Gasteiger charge is 2.15. The van der Waals surface area contributed by atoms with Crippen LogP contribution in [0.15, 0.2) is 71.5 Å². The zero-order valence-electron chi connectivity index (χ0n) is 11.7. The molecular formula is C19H13NO2. The molecule has 0 bridgehead atoms. The number of aromatic nitrogens is 1. The Hall–Kier alpha value is -3.07. The van der Waals surface area contributed by atoms with E-state index >= 15 is 0 Å². The van der Waals surface area contributed by atoms with Crippen molar-refractivity contribution in [2.75, 3.05) is 0 Å². The molecule has 3 nitrogen and oxygen atoms in total. The van der Waals surface area contributed by atoms with Gasteiger partial charge in [-0.25, -0.2) is 0 Å². The van der Waals surface area contributed by atoms with Crippen molar-refractivity contribution in [2.24, 2.45) is 0 Å². The number of aromatic amines is 1. The molecule has 0 radical (unpaired) electrons. The topological polar surface area (TPSA) is 53.1 Å². The summed E-state index contributed by atoms with van der Waals surface area (Å²) in [5.74, 6) is 0.0238. The predicted octanol–water partition coefficient (Wildman–Crippen LogP) is 4.05. The number of benzene rings is 3. The minimum absolute atomic E-state index is 0.0238. The minimum atomic E-state index is -0.285. The second-order valence-electron chi connectivity index (χ2n) is 5.25. The van der Waals surface area contributed by atoms with Crippen molar-refractivity contribution in [3.8, 4) is 16.9 Å². The van der Waals surface area contributed by atoms with Gasteiger partial charge in [0.15, 0.2) is 0 Å². The van der Waals surface area contributed by atoms with E-state index < -0.39 is 0 Å². The van der Waals surface area contributed by atoms with Gasteiger partial charge in [0, 0.05) is 5.39 Å². The number of pyridine rings is 1. The normalized spacial score (nSPS) is 11.1. The molecule has 0 aliphatic rings. The van der Waals surface area contributed by atoms with Crippen molar-refractivity contribution in [2.45, 2.75) is 0 Å². The Labute approximate surface area is 126 Å². The second kappa shape index (κ2) is 4.74. The summed E-state index contributed by atoms with van der Waals surface area (Å²) in [5, 5.41) is 13.2. The summed E-state index contributed by atoms with van der Waals surface area (Å²) >= 11 is 0. The average Bonchev–Trinajstić information content (AvgIpc) is 2.55. The lowest BCUT2D eigenvalue weighted by Gasteiger charge is -2.10. The maximum Gasteiger partial charge on any atom is 0.260 e. The van der Waals surface area contributed by atoms with E-state index in [0.717, 1.165) is 16.3 Å². The van der Waals surface area contributed by atoms with E-state index in [1.165, 1.54) is 0 Å². The van der Waals surface area contributed by atoms with Crippen LogP contribution >= 0.6 is 0 Å². The molecule has 4 rings (SSSR count). The van der Waals surface area contributed by atoms with E-state index in [9.17, 15) is 9.90 Å². The van der Waals surface area contributed by atoms with Gasteiger partial charge in [0.1, 0.15) is 5.75 Å². The van der Waals surface area contributed by atoms with Crippen LogP contribution in [0.1, 0.15) is 0 Å². The number of fused-ring (bicyclic) bond motifs is 2. The SMILES string of the molecule is O=c1[nH]c2ccccc2c(O)c1-c1cccc2ccccc12. The molecule has 0 aliphatic heterocycles. The molecule has 0 aliphatic carbocycles. The lowest BCUT2D eigenvalue weighted by Crippen LogP contribution is -2.09. The van der Waals surface area contributed by atoms with Crippen molar-refractivity contribution in [1.82, 2.24) is 4.98 Å². The van der Waals surface area contributed by atoms with Crippen LogP contribution in [0, 0.1) is 0 Å². The first-order valence-corrected chi connectivity index (χ1v) is 7.08. The van der Waals surface area contributed by atoms with Crippen LogP contribution in [0.5, 0.6) is 5.75 Å². The maximum absolute atomic E-state index is 12.5. The number of hydrogen-bond donors (Lipinski definition) is 2. The first-order chi connectivity index (χ1) is 10.8. The molecule has 0 saturated heterocycles. The van der Waals surface area contributed by atoms with Crippen molar-refractivity contribution in [1.29, 1.82) is 0 Å². The highest BCUT2D eigenvalue weighted by Crippen LogP contribution is 2.35. The highest BCUT2D eigenvalue weighted by molar-refractivity contribution is 6.01. The lowest BCUT2D eigenvalue weighted by molar-refractivity contribution is 0.482. The summed E-state index contributed by atoms with van der Waals surface area (Å²) in [6.45, 7) is 0. The average molecular weight is 287 g/mol. The van der Waals surface area contributed by atoms with Gasteiger partial charge >= 0.3 is 0 Å². The molecule has 0 atom stereocenters. The highest BCUT2D eigenvalue weighted by atomic mass is 16.3. The molecule has 22 heavy (non-hydrogen) atoms. The van der Waals surface area contributed by atoms with Gasteiger partial charge in [-0.1, -0.05) is 54.6 Å². The molecule has 0 amide bonds. The molecule has 0 fully saturated rings. The Morgan fingerprint density at radius 1 is 0.773 bits per heavy atom. The van der Waals surface area contributed by atoms with Gasteiger partial charge in [-0.05, 0) is 28.5 Å². The maximum atomic E-state index is 12.5. The number of H-pyrrole nitrogens is 1. The van der Waals surface area contributed by atoms with E-state index in [1.54, 1.807) is 12.1 Å². The van der Waals surface area contributed by atoms with Gasteiger partial charge in [0.05, 0.1) is 11.1 Å². The Bertz CT molecular complexity index is 1060. The molecule has 2 N–H and O–H groups in total. The molecule has 1 heterocycles. The van der Waals surface area contributed by atoms with Crippen LogP contribution < -0.4 is 5.56 Å². The Kier molecular flexibility index (Phi) is 2.73. The van der Waals surface area contributed by atoms with E-state index in [0.29, 0.717) is 16.5 Å². The zero-order valence-corrected chi connectivity index (χ0v) is 11.7. The number of para-hydroxylation sites is 1. The largest absolute Gasteiger partial charge is 0.506 e. The predicted molar refractivity (Wildman–Crippen MR) is 89.2 cm³/mol. The van der Waals surface area contributed by atoms with E-state index in [-0.39, 0.29) is 11.3 Å². The molecule has 0 unspecified atom stereocenters. The fourth-order valence-electron chi connectivity index (χ4n) is 2.92. The first-order valence-electron chi connectivity index (χ1n) is 7.08. The molecule has 3 heteroatoms. The van der Waals surface area contributed by atoms with Gasteiger partial charge in [-0.15, -0.1) is 0 Å². The van der Waals surface area contributed by atoms with E-state index in [2.05, 4.69) is 4.98 Å². The summed E-state index contributed by atoms with van der Waals surface area (Å²) in [6.07, 6.45) is 0. The van der Waals surface area contributed by atoms with Gasteiger partial charge in [0.25, 0.3) is 5.56 Å². The third-order valence-electron chi connectivity index (χ3n) is 3.95. The summed E-state index contributed by atoms with van der Waals surface area (Å²) in [7, 11) is 0. The monoisotopic (exact) mass is 287 g/mol. The van der Waals surface area contributed by atoms with Crippen LogP contribution in [0.25, 0.3) is 32.8 Å². The van der Waals surface area contributed by atoms with Gasteiger partial charge in [0.2, 0.25) is 0 Å². The molecular weight excluding hydrogens is 274 g/mol. The Morgan fingerprint density at radius 2 is 1.45 bits per heavy atom. The van der Waals surface area contributed by atoms with Crippen LogP contribution in [-0.4, -0.2) is 10.1 Å². The van der Waals surface area contributed by atoms with Crippen molar-refractivity contribution in [3.63, 3.8) is 0 Å². The van der Waals surface area contributed by atoms with E-state index in [1.807, 2.05) is 54.6 Å². The third-order valence-corrected chi connectivity index (χ3v) is 3.95. The quantitative estimate of drug-likeness (QED) is 0.555. The summed E-state index contributed by atoms with van der Waals surface area (Å²) in [6, 6.07) is 20.8. The number of aromatic hydroxyl groups is 1. The molecule has 4 aromatic rings.